The van der Waals surface area contributed by atoms with E-state index >= 15 is 0 Å². The summed E-state index contributed by atoms with van der Waals surface area (Å²) in [6.07, 6.45) is 0.872. The molecule has 0 radical (unpaired) electrons. The van der Waals surface area contributed by atoms with E-state index in [9.17, 15) is 14.4 Å². The summed E-state index contributed by atoms with van der Waals surface area (Å²) in [5.41, 5.74) is -0.00430. The van der Waals surface area contributed by atoms with Gasteiger partial charge in [0.15, 0.2) is 5.76 Å². The largest absolute Gasteiger partial charge is 0.478 e. The van der Waals surface area contributed by atoms with Crippen molar-refractivity contribution < 1.29 is 23.9 Å². The van der Waals surface area contributed by atoms with Gasteiger partial charge < -0.3 is 19.7 Å². The molecule has 0 aliphatic carbocycles. The monoisotopic (exact) mass is 294 g/mol. The number of carboxylic acid groups (broad SMARTS) is 1. The van der Waals surface area contributed by atoms with Crippen LogP contribution in [0.3, 0.4) is 0 Å². The molecular weight excluding hydrogens is 276 g/mol. The summed E-state index contributed by atoms with van der Waals surface area (Å²) >= 11 is 0. The van der Waals surface area contributed by atoms with E-state index in [0.717, 1.165) is 0 Å². The Bertz CT molecular complexity index is 578. The van der Waals surface area contributed by atoms with Crippen molar-refractivity contribution in [2.24, 2.45) is 0 Å². The molecule has 114 valence electrons. The van der Waals surface area contributed by atoms with Gasteiger partial charge in [0.2, 0.25) is 5.91 Å². The number of rotatable bonds is 4. The van der Waals surface area contributed by atoms with Crippen LogP contribution < -0.4 is 5.32 Å². The number of hydrogen-bond donors (Lipinski definition) is 2. The molecule has 1 aliphatic rings. The summed E-state index contributed by atoms with van der Waals surface area (Å²) in [4.78, 5) is 36.8. The first-order chi connectivity index (χ1) is 9.99. The maximum Gasteiger partial charge on any atom is 0.339 e. The third kappa shape index (κ3) is 2.76. The Balaban J connectivity index is 2.30. The lowest BCUT2D eigenvalue weighted by Gasteiger charge is -2.33. The highest BCUT2D eigenvalue weighted by atomic mass is 16.4. The summed E-state index contributed by atoms with van der Waals surface area (Å²) in [5.74, 6) is -1.53. The lowest BCUT2D eigenvalue weighted by molar-refractivity contribution is -0.127. The Morgan fingerprint density at radius 1 is 1.48 bits per heavy atom. The van der Waals surface area contributed by atoms with Crippen molar-refractivity contribution in [3.63, 3.8) is 0 Å². The average Bonchev–Trinajstić information content (AvgIpc) is 2.90. The van der Waals surface area contributed by atoms with Crippen LogP contribution in [0, 0.1) is 0 Å². The molecule has 21 heavy (non-hydrogen) atoms. The summed E-state index contributed by atoms with van der Waals surface area (Å²) < 4.78 is 5.36. The highest BCUT2D eigenvalue weighted by Gasteiger charge is 2.34. The fraction of sp³-hybridized carbons (Fsp3) is 0.500. The van der Waals surface area contributed by atoms with Gasteiger partial charge in [-0.3, -0.25) is 9.59 Å². The van der Waals surface area contributed by atoms with Gasteiger partial charge in [-0.25, -0.2) is 4.79 Å². The van der Waals surface area contributed by atoms with E-state index < -0.39 is 17.9 Å². The predicted molar refractivity (Wildman–Crippen MR) is 73.2 cm³/mol. The lowest BCUT2D eigenvalue weighted by atomic mass is 10.1. The maximum absolute atomic E-state index is 12.5. The first-order valence-electron chi connectivity index (χ1n) is 6.94. The van der Waals surface area contributed by atoms with Crippen molar-refractivity contribution in [1.29, 1.82) is 0 Å². The number of piperazine rings is 1. The van der Waals surface area contributed by atoms with Crippen LogP contribution in [0.1, 0.15) is 46.9 Å². The molecule has 1 aromatic rings. The maximum atomic E-state index is 12.5. The molecule has 7 nitrogen and oxygen atoms in total. The first kappa shape index (κ1) is 15.1. The van der Waals surface area contributed by atoms with Gasteiger partial charge in [-0.1, -0.05) is 13.8 Å². The molecular formula is C14H18N2O5. The zero-order chi connectivity index (χ0) is 15.6. The topological polar surface area (TPSA) is 99.9 Å². The SMILES string of the molecule is CCc1oc(C(=O)N2CCNC(=O)C2CC)cc1C(=O)O. The van der Waals surface area contributed by atoms with Crippen LogP contribution in [0.5, 0.6) is 0 Å². The van der Waals surface area contributed by atoms with Gasteiger partial charge in [0.05, 0.1) is 0 Å². The second-order valence-corrected chi connectivity index (χ2v) is 4.82. The number of nitrogens with one attached hydrogen (secondary N) is 1. The normalized spacial score (nSPS) is 18.5. The van der Waals surface area contributed by atoms with Gasteiger partial charge in [0.25, 0.3) is 5.91 Å². The molecule has 0 saturated carbocycles. The first-order valence-corrected chi connectivity index (χ1v) is 6.94. The molecule has 0 spiro atoms. The van der Waals surface area contributed by atoms with Gasteiger partial charge >= 0.3 is 5.97 Å². The Hall–Kier alpha value is -2.31. The van der Waals surface area contributed by atoms with Gasteiger partial charge in [-0.05, 0) is 6.42 Å². The fourth-order valence-electron chi connectivity index (χ4n) is 2.48. The van der Waals surface area contributed by atoms with E-state index in [2.05, 4.69) is 5.32 Å². The molecule has 7 heteroatoms. The number of hydrogen-bond acceptors (Lipinski definition) is 4. The molecule has 1 fully saturated rings. The number of furan rings is 1. The van der Waals surface area contributed by atoms with Crippen LogP contribution in [0.25, 0.3) is 0 Å². The van der Waals surface area contributed by atoms with E-state index in [1.807, 2.05) is 6.92 Å². The smallest absolute Gasteiger partial charge is 0.339 e. The Kier molecular flexibility index (Phi) is 4.30. The molecule has 2 amide bonds. The van der Waals surface area contributed by atoms with E-state index in [4.69, 9.17) is 9.52 Å². The van der Waals surface area contributed by atoms with Gasteiger partial charge in [0, 0.05) is 25.6 Å². The molecule has 0 aromatic carbocycles. The van der Waals surface area contributed by atoms with Gasteiger partial charge in [-0.2, -0.15) is 0 Å². The highest BCUT2D eigenvalue weighted by Crippen LogP contribution is 2.20. The van der Waals surface area contributed by atoms with E-state index in [0.29, 0.717) is 25.9 Å². The van der Waals surface area contributed by atoms with Crippen molar-refractivity contribution in [1.82, 2.24) is 10.2 Å². The minimum atomic E-state index is -1.13. The molecule has 2 heterocycles. The molecule has 1 aliphatic heterocycles. The predicted octanol–water partition coefficient (Wildman–Crippen LogP) is 0.891. The highest BCUT2D eigenvalue weighted by molar-refractivity contribution is 5.99. The Morgan fingerprint density at radius 2 is 2.19 bits per heavy atom. The summed E-state index contributed by atoms with van der Waals surface area (Å²) in [6, 6.07) is 0.692. The van der Waals surface area contributed by atoms with Crippen LogP contribution in [0.2, 0.25) is 0 Å². The molecule has 1 unspecified atom stereocenters. The van der Waals surface area contributed by atoms with Crippen LogP contribution in [-0.2, 0) is 11.2 Å². The van der Waals surface area contributed by atoms with E-state index in [1.54, 1.807) is 6.92 Å². The van der Waals surface area contributed by atoms with E-state index in [-0.39, 0.29) is 23.0 Å². The van der Waals surface area contributed by atoms with Gasteiger partial charge in [0.1, 0.15) is 17.4 Å². The number of amides is 2. The van der Waals surface area contributed by atoms with Crippen LogP contribution in [-0.4, -0.2) is 46.9 Å². The number of carboxylic acids is 1. The fourth-order valence-corrected chi connectivity index (χ4v) is 2.48. The third-order valence-electron chi connectivity index (χ3n) is 3.55. The Labute approximate surface area is 121 Å². The molecule has 2 rings (SSSR count). The minimum Gasteiger partial charge on any atom is -0.478 e. The molecule has 1 saturated heterocycles. The molecule has 1 aromatic heterocycles. The zero-order valence-corrected chi connectivity index (χ0v) is 12.0. The summed E-state index contributed by atoms with van der Waals surface area (Å²) in [6.45, 7) is 4.34. The molecule has 1 atom stereocenters. The number of carbonyl (C=O) groups is 3. The van der Waals surface area contributed by atoms with Gasteiger partial charge in [-0.15, -0.1) is 0 Å². The molecule has 0 bridgehead atoms. The number of carbonyl (C=O) groups excluding carboxylic acids is 2. The average molecular weight is 294 g/mol. The minimum absolute atomic E-state index is 0.00430. The van der Waals surface area contributed by atoms with Crippen LogP contribution >= 0.6 is 0 Å². The zero-order valence-electron chi connectivity index (χ0n) is 12.0. The van der Waals surface area contributed by atoms with Crippen molar-refractivity contribution >= 4 is 17.8 Å². The number of nitrogens with zero attached hydrogens (tertiary/aromatic N) is 1. The Morgan fingerprint density at radius 3 is 2.71 bits per heavy atom. The number of aromatic carboxylic acids is 1. The van der Waals surface area contributed by atoms with Crippen molar-refractivity contribution in [2.45, 2.75) is 32.7 Å². The second-order valence-electron chi connectivity index (χ2n) is 4.82. The summed E-state index contributed by atoms with van der Waals surface area (Å²) in [7, 11) is 0. The molecule has 2 N–H and O–H groups in total. The van der Waals surface area contributed by atoms with Crippen molar-refractivity contribution in [3.05, 3.63) is 23.2 Å². The second kappa shape index (κ2) is 5.99. The van der Waals surface area contributed by atoms with Crippen LogP contribution in [0.15, 0.2) is 10.5 Å². The standard InChI is InChI=1S/C14H18N2O5/c1-3-9-12(17)15-5-6-16(9)13(18)11-7-8(14(19)20)10(4-2)21-11/h7,9H,3-6H2,1-2H3,(H,15,17)(H,19,20). The summed E-state index contributed by atoms with van der Waals surface area (Å²) in [5, 5.41) is 11.8. The van der Waals surface area contributed by atoms with E-state index in [1.165, 1.54) is 11.0 Å². The van der Waals surface area contributed by atoms with Crippen molar-refractivity contribution in [3.8, 4) is 0 Å². The van der Waals surface area contributed by atoms with Crippen LogP contribution in [0.4, 0.5) is 0 Å². The third-order valence-corrected chi connectivity index (χ3v) is 3.55. The quantitative estimate of drug-likeness (QED) is 0.859. The number of aryl methyl sites for hydroxylation is 1. The lowest BCUT2D eigenvalue weighted by Crippen LogP contribution is -2.56. The van der Waals surface area contributed by atoms with Crippen molar-refractivity contribution in [2.75, 3.05) is 13.1 Å².